The number of H-pyrrole nitrogens is 1. The highest BCUT2D eigenvalue weighted by Crippen LogP contribution is 2.24. The molecule has 4 rings (SSSR count). The van der Waals surface area contributed by atoms with Crippen LogP contribution in [0.25, 0.3) is 10.9 Å². The Kier molecular flexibility index (Phi) is 4.34. The van der Waals surface area contributed by atoms with E-state index >= 15 is 0 Å². The monoisotopic (exact) mass is 357 g/mol. The van der Waals surface area contributed by atoms with Gasteiger partial charge in [-0.15, -0.1) is 0 Å². The van der Waals surface area contributed by atoms with Crippen LogP contribution in [-0.2, 0) is 0 Å². The van der Waals surface area contributed by atoms with Crippen molar-refractivity contribution in [3.63, 3.8) is 0 Å². The lowest BCUT2D eigenvalue weighted by molar-refractivity contribution is 0.102. The van der Waals surface area contributed by atoms with Gasteiger partial charge in [-0.1, -0.05) is 6.07 Å². The second kappa shape index (κ2) is 6.96. The van der Waals surface area contributed by atoms with Crippen molar-refractivity contribution in [3.8, 4) is 11.5 Å². The molecule has 5 nitrogen and oxygen atoms in total. The molecule has 0 unspecified atom stereocenters. The van der Waals surface area contributed by atoms with Crippen molar-refractivity contribution in [1.29, 1.82) is 0 Å². The fraction of sp³-hybridized carbons (Fsp3) is 0.0909. The van der Waals surface area contributed by atoms with Crippen LogP contribution in [-0.4, -0.2) is 15.9 Å². The first-order valence-electron chi connectivity index (χ1n) is 8.68. The first kappa shape index (κ1) is 16.8. The Morgan fingerprint density at radius 3 is 2.41 bits per heavy atom. The normalized spacial score (nSPS) is 10.7. The predicted octanol–water partition coefficient (Wildman–Crippen LogP) is 5.22. The average molecular weight is 357 g/mol. The Bertz CT molecular complexity index is 1100. The van der Waals surface area contributed by atoms with Gasteiger partial charge in [0.05, 0.1) is 0 Å². The van der Waals surface area contributed by atoms with Crippen molar-refractivity contribution in [1.82, 2.24) is 9.97 Å². The summed E-state index contributed by atoms with van der Waals surface area (Å²) in [5, 5.41) is 3.97. The van der Waals surface area contributed by atoms with Crippen LogP contribution in [0, 0.1) is 13.8 Å². The highest BCUT2D eigenvalue weighted by atomic mass is 16.5. The van der Waals surface area contributed by atoms with Crippen molar-refractivity contribution in [3.05, 3.63) is 83.8 Å². The van der Waals surface area contributed by atoms with Crippen LogP contribution in [0.15, 0.2) is 67.0 Å². The van der Waals surface area contributed by atoms with Gasteiger partial charge in [0, 0.05) is 29.0 Å². The number of fused-ring (bicyclic) bond motifs is 1. The summed E-state index contributed by atoms with van der Waals surface area (Å²) in [6.45, 7) is 4.09. The number of aromatic nitrogens is 2. The maximum absolute atomic E-state index is 12.6. The van der Waals surface area contributed by atoms with Gasteiger partial charge < -0.3 is 15.0 Å². The number of hydrogen-bond donors (Lipinski definition) is 2. The SMILES string of the molecule is Cc1cc(C)c2cc(C(=O)Nc3ccc(Oc4ccncc4)cc3)[nH]c2c1. The molecule has 0 saturated heterocycles. The molecule has 0 saturated carbocycles. The molecule has 1 amide bonds. The molecule has 0 fully saturated rings. The van der Waals surface area contributed by atoms with Gasteiger partial charge in [0.25, 0.3) is 5.91 Å². The van der Waals surface area contributed by atoms with Crippen LogP contribution in [0.4, 0.5) is 5.69 Å². The number of carbonyl (C=O) groups is 1. The Hall–Kier alpha value is -3.60. The topological polar surface area (TPSA) is 67.0 Å². The zero-order valence-electron chi connectivity index (χ0n) is 15.1. The number of benzene rings is 2. The number of carbonyl (C=O) groups excluding carboxylic acids is 1. The third-order valence-corrected chi connectivity index (χ3v) is 4.33. The highest BCUT2D eigenvalue weighted by molar-refractivity contribution is 6.06. The van der Waals surface area contributed by atoms with Crippen molar-refractivity contribution < 1.29 is 9.53 Å². The van der Waals surface area contributed by atoms with Crippen LogP contribution >= 0.6 is 0 Å². The van der Waals surface area contributed by atoms with Gasteiger partial charge in [-0.25, -0.2) is 0 Å². The lowest BCUT2D eigenvalue weighted by atomic mass is 10.1. The van der Waals surface area contributed by atoms with E-state index in [4.69, 9.17) is 4.74 Å². The summed E-state index contributed by atoms with van der Waals surface area (Å²) in [4.78, 5) is 19.7. The largest absolute Gasteiger partial charge is 0.457 e. The third-order valence-electron chi connectivity index (χ3n) is 4.33. The standard InChI is InChI=1S/C22H19N3O2/c1-14-11-15(2)19-13-21(25-20(19)12-14)22(26)24-16-3-5-17(6-4-16)27-18-7-9-23-10-8-18/h3-13,25H,1-2H3,(H,24,26). The minimum atomic E-state index is -0.175. The second-order valence-corrected chi connectivity index (χ2v) is 6.49. The minimum Gasteiger partial charge on any atom is -0.457 e. The molecule has 2 N–H and O–H groups in total. The molecule has 2 aromatic carbocycles. The molecule has 27 heavy (non-hydrogen) atoms. The molecule has 0 atom stereocenters. The number of amides is 1. The summed E-state index contributed by atoms with van der Waals surface area (Å²) >= 11 is 0. The Morgan fingerprint density at radius 1 is 0.963 bits per heavy atom. The van der Waals surface area contributed by atoms with E-state index in [0.29, 0.717) is 22.9 Å². The third kappa shape index (κ3) is 3.67. The Balaban J connectivity index is 1.49. The maximum atomic E-state index is 12.6. The predicted molar refractivity (Wildman–Crippen MR) is 106 cm³/mol. The smallest absolute Gasteiger partial charge is 0.272 e. The van der Waals surface area contributed by atoms with Crippen LogP contribution in [0.1, 0.15) is 21.6 Å². The molecule has 2 heterocycles. The molecule has 0 aliphatic carbocycles. The van der Waals surface area contributed by atoms with E-state index in [1.807, 2.05) is 50.2 Å². The van der Waals surface area contributed by atoms with Crippen LogP contribution in [0.5, 0.6) is 11.5 Å². The Labute approximate surface area is 157 Å². The number of anilines is 1. The number of hydrogen-bond acceptors (Lipinski definition) is 3. The molecule has 0 spiro atoms. The summed E-state index contributed by atoms with van der Waals surface area (Å²) in [5.41, 5.74) is 4.53. The number of rotatable bonds is 4. The van der Waals surface area contributed by atoms with Crippen molar-refractivity contribution >= 4 is 22.5 Å². The van der Waals surface area contributed by atoms with Crippen LogP contribution in [0.3, 0.4) is 0 Å². The fourth-order valence-electron chi connectivity index (χ4n) is 3.07. The van der Waals surface area contributed by atoms with Gasteiger partial charge in [-0.3, -0.25) is 9.78 Å². The molecule has 0 bridgehead atoms. The summed E-state index contributed by atoms with van der Waals surface area (Å²) in [6.07, 6.45) is 3.35. The average Bonchev–Trinajstić information content (AvgIpc) is 3.09. The van der Waals surface area contributed by atoms with Crippen molar-refractivity contribution in [2.75, 3.05) is 5.32 Å². The van der Waals surface area contributed by atoms with E-state index < -0.39 is 0 Å². The minimum absolute atomic E-state index is 0.175. The zero-order valence-corrected chi connectivity index (χ0v) is 15.1. The molecule has 4 aromatic rings. The summed E-state index contributed by atoms with van der Waals surface area (Å²) in [6, 6.07) is 16.9. The van der Waals surface area contributed by atoms with E-state index in [9.17, 15) is 4.79 Å². The molecule has 0 aliphatic rings. The van der Waals surface area contributed by atoms with E-state index in [2.05, 4.69) is 21.4 Å². The van der Waals surface area contributed by atoms with Gasteiger partial charge in [0.1, 0.15) is 17.2 Å². The van der Waals surface area contributed by atoms with Gasteiger partial charge in [0.2, 0.25) is 0 Å². The van der Waals surface area contributed by atoms with Gasteiger partial charge >= 0.3 is 0 Å². The molecule has 0 radical (unpaired) electrons. The molecule has 0 aliphatic heterocycles. The lowest BCUT2D eigenvalue weighted by Crippen LogP contribution is -2.12. The summed E-state index contributed by atoms with van der Waals surface area (Å²) in [5.74, 6) is 1.23. The number of nitrogens with zero attached hydrogens (tertiary/aromatic N) is 1. The quantitative estimate of drug-likeness (QED) is 0.526. The second-order valence-electron chi connectivity index (χ2n) is 6.49. The van der Waals surface area contributed by atoms with E-state index in [1.54, 1.807) is 24.5 Å². The molecule has 134 valence electrons. The first-order chi connectivity index (χ1) is 13.1. The number of aryl methyl sites for hydroxylation is 2. The number of aromatic amines is 1. The van der Waals surface area contributed by atoms with Gasteiger partial charge in [0.15, 0.2) is 0 Å². The van der Waals surface area contributed by atoms with Gasteiger partial charge in [-0.2, -0.15) is 0 Å². The summed E-state index contributed by atoms with van der Waals surface area (Å²) in [7, 11) is 0. The van der Waals surface area contributed by atoms with E-state index in [-0.39, 0.29) is 5.91 Å². The van der Waals surface area contributed by atoms with Crippen LogP contribution < -0.4 is 10.1 Å². The van der Waals surface area contributed by atoms with Gasteiger partial charge in [-0.05, 0) is 73.5 Å². The number of ether oxygens (including phenoxy) is 1. The van der Waals surface area contributed by atoms with E-state index in [0.717, 1.165) is 16.5 Å². The lowest BCUT2D eigenvalue weighted by Gasteiger charge is -2.07. The fourth-order valence-corrected chi connectivity index (χ4v) is 3.07. The molecule has 5 heteroatoms. The van der Waals surface area contributed by atoms with Crippen LogP contribution in [0.2, 0.25) is 0 Å². The summed E-state index contributed by atoms with van der Waals surface area (Å²) < 4.78 is 5.73. The molecule has 2 aromatic heterocycles. The van der Waals surface area contributed by atoms with Crippen molar-refractivity contribution in [2.45, 2.75) is 13.8 Å². The maximum Gasteiger partial charge on any atom is 0.272 e. The highest BCUT2D eigenvalue weighted by Gasteiger charge is 2.11. The first-order valence-corrected chi connectivity index (χ1v) is 8.68. The Morgan fingerprint density at radius 2 is 1.67 bits per heavy atom. The number of nitrogens with one attached hydrogen (secondary N) is 2. The zero-order chi connectivity index (χ0) is 18.8. The molecular formula is C22H19N3O2. The number of pyridine rings is 1. The molecular weight excluding hydrogens is 338 g/mol. The van der Waals surface area contributed by atoms with E-state index in [1.165, 1.54) is 5.56 Å². The van der Waals surface area contributed by atoms with Crippen molar-refractivity contribution in [2.24, 2.45) is 0 Å².